The molecule has 0 spiro atoms. The van der Waals surface area contributed by atoms with Gasteiger partial charge in [-0.2, -0.15) is 0 Å². The Morgan fingerprint density at radius 1 is 0.963 bits per heavy atom. The topological polar surface area (TPSA) is 75.3 Å². The second kappa shape index (κ2) is 9.51. The molecule has 0 heterocycles. The SMILES string of the molecule is O=C(CCNS(=O)(=O)c1ccc2c(c1)CCCC2)NCCC1=CCCCC1. The van der Waals surface area contributed by atoms with Crippen molar-refractivity contribution in [3.05, 3.63) is 41.0 Å². The zero-order valence-electron chi connectivity index (χ0n) is 15.9. The molecule has 0 unspecified atom stereocenters. The first-order valence-electron chi connectivity index (χ1n) is 10.1. The fourth-order valence-electron chi connectivity index (χ4n) is 3.84. The number of hydrogen-bond donors (Lipinski definition) is 2. The molecule has 5 nitrogen and oxygen atoms in total. The molecule has 2 aliphatic rings. The first kappa shape index (κ1) is 20.1. The fourth-order valence-corrected chi connectivity index (χ4v) is 4.92. The van der Waals surface area contributed by atoms with Gasteiger partial charge in [0.25, 0.3) is 0 Å². The van der Waals surface area contributed by atoms with Crippen LogP contribution in [0.25, 0.3) is 0 Å². The lowest BCUT2D eigenvalue weighted by Gasteiger charge is -2.16. The van der Waals surface area contributed by atoms with Crippen molar-refractivity contribution in [1.29, 1.82) is 0 Å². The molecular formula is C21H30N2O3S. The number of carbonyl (C=O) groups excluding carboxylic acids is 1. The molecule has 1 aromatic rings. The normalized spacial score (nSPS) is 17.1. The molecule has 2 aliphatic carbocycles. The molecule has 1 aromatic carbocycles. The number of amides is 1. The number of rotatable bonds is 8. The highest BCUT2D eigenvalue weighted by molar-refractivity contribution is 7.89. The Morgan fingerprint density at radius 3 is 2.52 bits per heavy atom. The minimum Gasteiger partial charge on any atom is -0.356 e. The second-order valence-corrected chi connectivity index (χ2v) is 9.26. The van der Waals surface area contributed by atoms with Crippen LogP contribution in [0.2, 0.25) is 0 Å². The summed E-state index contributed by atoms with van der Waals surface area (Å²) in [6.07, 6.45) is 12.4. The first-order chi connectivity index (χ1) is 13.0. The second-order valence-electron chi connectivity index (χ2n) is 7.49. The minimum atomic E-state index is -3.57. The van der Waals surface area contributed by atoms with Gasteiger partial charge in [0.15, 0.2) is 0 Å². The summed E-state index contributed by atoms with van der Waals surface area (Å²) < 4.78 is 27.5. The molecule has 1 amide bonds. The summed E-state index contributed by atoms with van der Waals surface area (Å²) in [5.41, 5.74) is 3.82. The van der Waals surface area contributed by atoms with Crippen LogP contribution in [0.15, 0.2) is 34.7 Å². The lowest BCUT2D eigenvalue weighted by atomic mass is 9.92. The lowest BCUT2D eigenvalue weighted by molar-refractivity contribution is -0.120. The largest absolute Gasteiger partial charge is 0.356 e. The van der Waals surface area contributed by atoms with E-state index < -0.39 is 10.0 Å². The maximum atomic E-state index is 12.5. The van der Waals surface area contributed by atoms with Gasteiger partial charge in [-0.1, -0.05) is 17.7 Å². The fraction of sp³-hybridized carbons (Fsp3) is 0.571. The maximum absolute atomic E-state index is 12.5. The summed E-state index contributed by atoms with van der Waals surface area (Å²) in [5.74, 6) is -0.112. The van der Waals surface area contributed by atoms with Crippen molar-refractivity contribution in [3.63, 3.8) is 0 Å². The number of allylic oxidation sites excluding steroid dienone is 1. The van der Waals surface area contributed by atoms with Crippen LogP contribution in [0, 0.1) is 0 Å². The Hall–Kier alpha value is -1.66. The minimum absolute atomic E-state index is 0.112. The van der Waals surface area contributed by atoms with Crippen molar-refractivity contribution < 1.29 is 13.2 Å². The van der Waals surface area contributed by atoms with E-state index >= 15 is 0 Å². The van der Waals surface area contributed by atoms with Gasteiger partial charge in [0, 0.05) is 19.5 Å². The molecular weight excluding hydrogens is 360 g/mol. The van der Waals surface area contributed by atoms with Crippen LogP contribution in [0.1, 0.15) is 62.5 Å². The number of benzene rings is 1. The van der Waals surface area contributed by atoms with Crippen LogP contribution in [0.5, 0.6) is 0 Å². The van der Waals surface area contributed by atoms with Crippen LogP contribution < -0.4 is 10.0 Å². The average molecular weight is 391 g/mol. The van der Waals surface area contributed by atoms with Gasteiger partial charge in [-0.3, -0.25) is 4.79 Å². The highest BCUT2D eigenvalue weighted by Crippen LogP contribution is 2.24. The van der Waals surface area contributed by atoms with Gasteiger partial charge in [0.05, 0.1) is 4.90 Å². The number of carbonyl (C=O) groups is 1. The van der Waals surface area contributed by atoms with E-state index in [1.165, 1.54) is 30.4 Å². The standard InChI is InChI=1S/C21H30N2O3S/c24-21(22-14-12-17-6-2-1-3-7-17)13-15-23-27(25,26)20-11-10-18-8-4-5-9-19(18)16-20/h6,10-11,16,23H,1-5,7-9,12-15H2,(H,22,24). The summed E-state index contributed by atoms with van der Waals surface area (Å²) in [5, 5.41) is 2.88. The van der Waals surface area contributed by atoms with E-state index in [-0.39, 0.29) is 18.9 Å². The molecule has 0 saturated heterocycles. The Bertz CT molecular complexity index is 800. The smallest absolute Gasteiger partial charge is 0.240 e. The Kier molecular flexibility index (Phi) is 7.07. The van der Waals surface area contributed by atoms with E-state index in [2.05, 4.69) is 16.1 Å². The highest BCUT2D eigenvalue weighted by Gasteiger charge is 2.17. The van der Waals surface area contributed by atoms with Crippen molar-refractivity contribution >= 4 is 15.9 Å². The molecule has 0 aliphatic heterocycles. The molecule has 0 saturated carbocycles. The van der Waals surface area contributed by atoms with E-state index in [0.29, 0.717) is 11.4 Å². The third-order valence-electron chi connectivity index (χ3n) is 5.43. The van der Waals surface area contributed by atoms with E-state index in [1.807, 2.05) is 6.07 Å². The van der Waals surface area contributed by atoms with Crippen molar-refractivity contribution in [2.24, 2.45) is 0 Å². The van der Waals surface area contributed by atoms with Crippen LogP contribution in [-0.2, 0) is 27.7 Å². The third-order valence-corrected chi connectivity index (χ3v) is 6.89. The van der Waals surface area contributed by atoms with Crippen molar-refractivity contribution in [1.82, 2.24) is 10.0 Å². The molecule has 6 heteroatoms. The van der Waals surface area contributed by atoms with E-state index in [4.69, 9.17) is 0 Å². The van der Waals surface area contributed by atoms with Crippen LogP contribution in [-0.4, -0.2) is 27.4 Å². The van der Waals surface area contributed by atoms with Crippen LogP contribution in [0.3, 0.4) is 0 Å². The van der Waals surface area contributed by atoms with E-state index in [1.54, 1.807) is 12.1 Å². The van der Waals surface area contributed by atoms with Gasteiger partial charge in [-0.05, 0) is 81.0 Å². The molecule has 3 rings (SSSR count). The molecule has 2 N–H and O–H groups in total. The monoisotopic (exact) mass is 390 g/mol. The van der Waals surface area contributed by atoms with Crippen LogP contribution in [0.4, 0.5) is 0 Å². The predicted octanol–water partition coefficient (Wildman–Crippen LogP) is 3.24. The zero-order valence-corrected chi connectivity index (χ0v) is 16.7. The summed E-state index contributed by atoms with van der Waals surface area (Å²) in [6.45, 7) is 0.746. The zero-order chi connectivity index (χ0) is 19.1. The van der Waals surface area contributed by atoms with Crippen molar-refractivity contribution in [3.8, 4) is 0 Å². The highest BCUT2D eigenvalue weighted by atomic mass is 32.2. The van der Waals surface area contributed by atoms with Gasteiger partial charge in [0.1, 0.15) is 0 Å². The van der Waals surface area contributed by atoms with Gasteiger partial charge in [0.2, 0.25) is 15.9 Å². The van der Waals surface area contributed by atoms with Crippen LogP contribution >= 0.6 is 0 Å². The maximum Gasteiger partial charge on any atom is 0.240 e. The number of fused-ring (bicyclic) bond motifs is 1. The van der Waals surface area contributed by atoms with Gasteiger partial charge in [-0.25, -0.2) is 13.1 Å². The molecule has 0 atom stereocenters. The lowest BCUT2D eigenvalue weighted by Crippen LogP contribution is -2.31. The Labute approximate surface area is 162 Å². The van der Waals surface area contributed by atoms with E-state index in [0.717, 1.165) is 44.1 Å². The first-order valence-corrected chi connectivity index (χ1v) is 11.6. The average Bonchev–Trinajstić information content (AvgIpc) is 2.68. The predicted molar refractivity (Wildman–Crippen MR) is 107 cm³/mol. The molecule has 0 bridgehead atoms. The number of aryl methyl sites for hydroxylation is 2. The van der Waals surface area contributed by atoms with Gasteiger partial charge < -0.3 is 5.32 Å². The Morgan fingerprint density at radius 2 is 1.74 bits per heavy atom. The number of nitrogens with one attached hydrogen (secondary N) is 2. The summed E-state index contributed by atoms with van der Waals surface area (Å²) in [4.78, 5) is 12.2. The van der Waals surface area contributed by atoms with Crippen molar-refractivity contribution in [2.45, 2.75) is 69.1 Å². The molecule has 27 heavy (non-hydrogen) atoms. The molecule has 0 fully saturated rings. The molecule has 148 valence electrons. The Balaban J connectivity index is 1.42. The summed E-state index contributed by atoms with van der Waals surface area (Å²) >= 11 is 0. The number of sulfonamides is 1. The third kappa shape index (κ3) is 5.91. The molecule has 0 aromatic heterocycles. The van der Waals surface area contributed by atoms with Gasteiger partial charge in [-0.15, -0.1) is 0 Å². The van der Waals surface area contributed by atoms with E-state index in [9.17, 15) is 13.2 Å². The quantitative estimate of drug-likeness (QED) is 0.669. The summed E-state index contributed by atoms with van der Waals surface area (Å²) in [7, 11) is -3.57. The summed E-state index contributed by atoms with van der Waals surface area (Å²) in [6, 6.07) is 5.38. The van der Waals surface area contributed by atoms with Crippen molar-refractivity contribution in [2.75, 3.05) is 13.1 Å². The number of hydrogen-bond acceptors (Lipinski definition) is 3. The van der Waals surface area contributed by atoms with Gasteiger partial charge >= 0.3 is 0 Å². The molecule has 0 radical (unpaired) electrons.